The van der Waals surface area contributed by atoms with Gasteiger partial charge in [0.2, 0.25) is 0 Å². The summed E-state index contributed by atoms with van der Waals surface area (Å²) in [6.07, 6.45) is 0.873. The summed E-state index contributed by atoms with van der Waals surface area (Å²) < 4.78 is 10.9. The minimum absolute atomic E-state index is 0.206. The summed E-state index contributed by atoms with van der Waals surface area (Å²) in [4.78, 5) is 19.0. The molecular formula is C28H39N3O3. The van der Waals surface area contributed by atoms with Crippen LogP contribution in [0, 0.1) is 0 Å². The van der Waals surface area contributed by atoms with Gasteiger partial charge in [0.05, 0.1) is 13.2 Å². The van der Waals surface area contributed by atoms with Crippen molar-refractivity contribution in [2.75, 3.05) is 59.0 Å². The predicted molar refractivity (Wildman–Crippen MR) is 136 cm³/mol. The van der Waals surface area contributed by atoms with E-state index in [4.69, 9.17) is 9.47 Å². The maximum Gasteiger partial charge on any atom is 0.410 e. The SMILES string of the molecule is CC(C)(C)OC(=O)N1CCN(Cc2cccc(-c3ccc(CCN4CCOCC4)cc3)c2)CC1. The molecule has 2 saturated heterocycles. The van der Waals surface area contributed by atoms with Gasteiger partial charge in [-0.1, -0.05) is 42.5 Å². The number of amides is 1. The Morgan fingerprint density at radius 2 is 1.56 bits per heavy atom. The number of carbonyl (C=O) groups is 1. The highest BCUT2D eigenvalue weighted by Crippen LogP contribution is 2.22. The zero-order valence-electron chi connectivity index (χ0n) is 21.0. The molecule has 1 amide bonds. The van der Waals surface area contributed by atoms with Crippen molar-refractivity contribution in [1.82, 2.24) is 14.7 Å². The molecule has 0 aromatic heterocycles. The smallest absolute Gasteiger partial charge is 0.410 e. The summed E-state index contributed by atoms with van der Waals surface area (Å²) in [6.45, 7) is 14.7. The van der Waals surface area contributed by atoms with Crippen molar-refractivity contribution in [3.05, 3.63) is 59.7 Å². The Bertz CT molecular complexity index is 925. The molecule has 34 heavy (non-hydrogen) atoms. The highest BCUT2D eigenvalue weighted by atomic mass is 16.6. The fourth-order valence-corrected chi connectivity index (χ4v) is 4.50. The molecule has 2 aromatic rings. The lowest BCUT2D eigenvalue weighted by Crippen LogP contribution is -2.49. The Morgan fingerprint density at radius 1 is 0.853 bits per heavy atom. The first-order valence-electron chi connectivity index (χ1n) is 12.5. The van der Waals surface area contributed by atoms with Crippen LogP contribution in [0.5, 0.6) is 0 Å². The normalized spacial score (nSPS) is 18.1. The molecule has 184 valence electrons. The van der Waals surface area contributed by atoms with Gasteiger partial charge in [-0.25, -0.2) is 4.79 Å². The van der Waals surface area contributed by atoms with Crippen LogP contribution in [0.1, 0.15) is 31.9 Å². The second kappa shape index (κ2) is 11.3. The van der Waals surface area contributed by atoms with Gasteiger partial charge in [-0.15, -0.1) is 0 Å². The lowest BCUT2D eigenvalue weighted by atomic mass is 10.0. The van der Waals surface area contributed by atoms with Gasteiger partial charge >= 0.3 is 6.09 Å². The molecule has 0 aliphatic carbocycles. The van der Waals surface area contributed by atoms with Gasteiger partial charge in [0.25, 0.3) is 0 Å². The van der Waals surface area contributed by atoms with Crippen LogP contribution in [0.3, 0.4) is 0 Å². The van der Waals surface area contributed by atoms with Crippen LogP contribution in [0.15, 0.2) is 48.5 Å². The fourth-order valence-electron chi connectivity index (χ4n) is 4.50. The van der Waals surface area contributed by atoms with Gasteiger partial charge in [-0.2, -0.15) is 0 Å². The van der Waals surface area contributed by atoms with Gasteiger partial charge < -0.3 is 14.4 Å². The molecule has 6 nitrogen and oxygen atoms in total. The molecule has 2 aliphatic heterocycles. The van der Waals surface area contributed by atoms with Crippen molar-refractivity contribution < 1.29 is 14.3 Å². The minimum Gasteiger partial charge on any atom is -0.444 e. The van der Waals surface area contributed by atoms with E-state index >= 15 is 0 Å². The van der Waals surface area contributed by atoms with Crippen molar-refractivity contribution in [2.45, 2.75) is 39.3 Å². The topological polar surface area (TPSA) is 45.2 Å². The molecule has 6 heteroatoms. The lowest BCUT2D eigenvalue weighted by molar-refractivity contribution is 0.0139. The van der Waals surface area contributed by atoms with Crippen molar-refractivity contribution in [1.29, 1.82) is 0 Å². The van der Waals surface area contributed by atoms with Crippen molar-refractivity contribution in [3.8, 4) is 11.1 Å². The molecule has 2 aliphatic rings. The Labute approximate surface area is 204 Å². The number of morpholine rings is 1. The van der Waals surface area contributed by atoms with E-state index in [2.05, 4.69) is 58.3 Å². The quantitative estimate of drug-likeness (QED) is 0.637. The van der Waals surface area contributed by atoms with E-state index in [9.17, 15) is 4.79 Å². The molecule has 0 saturated carbocycles. The summed E-state index contributed by atoms with van der Waals surface area (Å²) in [7, 11) is 0. The van der Waals surface area contributed by atoms with Crippen LogP contribution in [0.4, 0.5) is 4.79 Å². The van der Waals surface area contributed by atoms with E-state index in [0.29, 0.717) is 13.1 Å². The molecule has 2 fully saturated rings. The Kier molecular flexibility index (Phi) is 8.24. The first kappa shape index (κ1) is 24.7. The molecular weight excluding hydrogens is 426 g/mol. The minimum atomic E-state index is -0.449. The average molecular weight is 466 g/mol. The molecule has 0 atom stereocenters. The van der Waals surface area contributed by atoms with Crippen LogP contribution in [-0.2, 0) is 22.4 Å². The Balaban J connectivity index is 1.28. The molecule has 0 spiro atoms. The van der Waals surface area contributed by atoms with E-state index < -0.39 is 5.60 Å². The summed E-state index contributed by atoms with van der Waals surface area (Å²) in [5.41, 5.74) is 4.75. The van der Waals surface area contributed by atoms with Crippen LogP contribution in [-0.4, -0.2) is 85.4 Å². The number of benzene rings is 2. The first-order valence-corrected chi connectivity index (χ1v) is 12.5. The van der Waals surface area contributed by atoms with Gasteiger partial charge in [-0.3, -0.25) is 9.80 Å². The second-order valence-electron chi connectivity index (χ2n) is 10.3. The van der Waals surface area contributed by atoms with Crippen LogP contribution < -0.4 is 0 Å². The maximum absolute atomic E-state index is 12.3. The molecule has 4 rings (SSSR count). The number of hydrogen-bond acceptors (Lipinski definition) is 5. The fraction of sp³-hybridized carbons (Fsp3) is 0.536. The summed E-state index contributed by atoms with van der Waals surface area (Å²) in [5.74, 6) is 0. The summed E-state index contributed by atoms with van der Waals surface area (Å²) >= 11 is 0. The van der Waals surface area contributed by atoms with Crippen molar-refractivity contribution in [2.24, 2.45) is 0 Å². The number of nitrogens with zero attached hydrogens (tertiary/aromatic N) is 3. The zero-order valence-corrected chi connectivity index (χ0v) is 21.0. The van der Waals surface area contributed by atoms with Crippen molar-refractivity contribution >= 4 is 6.09 Å². The van der Waals surface area contributed by atoms with Gasteiger partial charge in [0.1, 0.15) is 5.60 Å². The third kappa shape index (κ3) is 7.29. The molecule has 0 radical (unpaired) electrons. The largest absolute Gasteiger partial charge is 0.444 e. The highest BCUT2D eigenvalue weighted by molar-refractivity contribution is 5.68. The zero-order chi connectivity index (χ0) is 24.0. The average Bonchev–Trinajstić information content (AvgIpc) is 2.83. The van der Waals surface area contributed by atoms with Crippen LogP contribution in [0.2, 0.25) is 0 Å². The standard InChI is InChI=1S/C28H39N3O3/c1-28(2,3)34-27(32)31-15-13-30(14-16-31)22-24-5-4-6-26(21-24)25-9-7-23(8-10-25)11-12-29-17-19-33-20-18-29/h4-10,21H,11-20,22H2,1-3H3. The Morgan fingerprint density at radius 3 is 2.24 bits per heavy atom. The monoisotopic (exact) mass is 465 g/mol. The number of hydrogen-bond donors (Lipinski definition) is 0. The Hall–Kier alpha value is -2.41. The second-order valence-corrected chi connectivity index (χ2v) is 10.3. The molecule has 2 aromatic carbocycles. The van der Waals surface area contributed by atoms with E-state index in [0.717, 1.165) is 58.9 Å². The van der Waals surface area contributed by atoms with E-state index in [-0.39, 0.29) is 6.09 Å². The molecule has 0 bridgehead atoms. The highest BCUT2D eigenvalue weighted by Gasteiger charge is 2.25. The van der Waals surface area contributed by atoms with E-state index in [1.54, 1.807) is 0 Å². The van der Waals surface area contributed by atoms with Gasteiger partial charge in [0, 0.05) is 52.4 Å². The molecule has 0 unspecified atom stereocenters. The molecule has 2 heterocycles. The lowest BCUT2D eigenvalue weighted by Gasteiger charge is -2.35. The summed E-state index contributed by atoms with van der Waals surface area (Å²) in [5, 5.41) is 0. The van der Waals surface area contributed by atoms with Crippen LogP contribution in [0.25, 0.3) is 11.1 Å². The summed E-state index contributed by atoms with van der Waals surface area (Å²) in [6, 6.07) is 17.8. The number of piperazine rings is 1. The molecule has 0 N–H and O–H groups in total. The number of carbonyl (C=O) groups excluding carboxylic acids is 1. The third-order valence-electron chi connectivity index (χ3n) is 6.46. The van der Waals surface area contributed by atoms with E-state index in [1.165, 1.54) is 22.3 Å². The van der Waals surface area contributed by atoms with Crippen LogP contribution >= 0.6 is 0 Å². The number of rotatable bonds is 6. The number of ether oxygens (including phenoxy) is 2. The van der Waals surface area contributed by atoms with Gasteiger partial charge in [0.15, 0.2) is 0 Å². The first-order chi connectivity index (χ1) is 16.4. The van der Waals surface area contributed by atoms with E-state index in [1.807, 2.05) is 25.7 Å². The van der Waals surface area contributed by atoms with Crippen molar-refractivity contribution in [3.63, 3.8) is 0 Å². The third-order valence-corrected chi connectivity index (χ3v) is 6.46. The maximum atomic E-state index is 12.3. The predicted octanol–water partition coefficient (Wildman–Crippen LogP) is 4.28. The van der Waals surface area contributed by atoms with Gasteiger partial charge in [-0.05, 0) is 55.5 Å².